The van der Waals surface area contributed by atoms with Gasteiger partial charge in [-0.1, -0.05) is 26.6 Å². The summed E-state index contributed by atoms with van der Waals surface area (Å²) in [5.41, 5.74) is 2.58. The van der Waals surface area contributed by atoms with Crippen molar-refractivity contribution >= 4 is 24.9 Å². The van der Waals surface area contributed by atoms with Crippen LogP contribution < -0.4 is 10.1 Å². The molecular weight excluding hydrogens is 338 g/mol. The van der Waals surface area contributed by atoms with Gasteiger partial charge >= 0.3 is 5.97 Å². The number of carbonyl (C=O) groups is 1. The zero-order valence-corrected chi connectivity index (χ0v) is 17.3. The highest BCUT2D eigenvalue weighted by atomic mass is 28.3. The van der Waals surface area contributed by atoms with E-state index in [1.54, 1.807) is 14.2 Å². The van der Waals surface area contributed by atoms with Crippen molar-refractivity contribution in [2.24, 2.45) is 0 Å². The van der Waals surface area contributed by atoms with Gasteiger partial charge in [0.15, 0.2) is 0 Å². The molecule has 1 aromatic rings. The second kappa shape index (κ2) is 9.70. The van der Waals surface area contributed by atoms with Gasteiger partial charge in [-0.3, -0.25) is 0 Å². The highest BCUT2D eigenvalue weighted by Gasteiger charge is 2.24. The van der Waals surface area contributed by atoms with Crippen molar-refractivity contribution in [3.63, 3.8) is 0 Å². The molecule has 7 heteroatoms. The average Bonchev–Trinajstić information content (AvgIpc) is 2.58. The van der Waals surface area contributed by atoms with Gasteiger partial charge in [-0.25, -0.2) is 9.78 Å². The molecule has 0 atom stereocenters. The number of hydrogen-bond acceptors (Lipinski definition) is 6. The van der Waals surface area contributed by atoms with Crippen molar-refractivity contribution in [3.8, 4) is 5.88 Å². The van der Waals surface area contributed by atoms with Crippen LogP contribution in [-0.2, 0) is 25.6 Å². The Labute approximate surface area is 151 Å². The maximum Gasteiger partial charge on any atom is 0.330 e. The molecule has 0 bridgehead atoms. The van der Waals surface area contributed by atoms with E-state index in [0.29, 0.717) is 12.3 Å². The van der Waals surface area contributed by atoms with Crippen LogP contribution in [0.5, 0.6) is 5.88 Å². The maximum atomic E-state index is 11.8. The van der Waals surface area contributed by atoms with E-state index in [-0.39, 0.29) is 19.4 Å². The van der Waals surface area contributed by atoms with E-state index in [9.17, 15) is 4.79 Å². The van der Waals surface area contributed by atoms with Crippen molar-refractivity contribution < 1.29 is 23.7 Å². The monoisotopic (exact) mass is 367 g/mol. The number of methoxy groups -OCH3 is 3. The molecule has 0 fully saturated rings. The summed E-state index contributed by atoms with van der Waals surface area (Å²) in [6, 6.07) is 2.05. The lowest BCUT2D eigenvalue weighted by molar-refractivity contribution is -0.134. The second-order valence-electron chi connectivity index (χ2n) is 6.59. The fourth-order valence-electron chi connectivity index (χ4n) is 2.33. The van der Waals surface area contributed by atoms with Gasteiger partial charge < -0.3 is 18.9 Å². The van der Waals surface area contributed by atoms with Crippen LogP contribution in [-0.4, -0.2) is 47.1 Å². The summed E-state index contributed by atoms with van der Waals surface area (Å²) in [5, 5.41) is 1.01. The first-order valence-electron chi connectivity index (χ1n) is 8.22. The molecule has 1 heterocycles. The predicted octanol–water partition coefficient (Wildman–Crippen LogP) is 2.72. The number of rotatable bonds is 9. The molecule has 0 N–H and O–H groups in total. The van der Waals surface area contributed by atoms with Crippen molar-refractivity contribution in [1.82, 2.24) is 4.98 Å². The van der Waals surface area contributed by atoms with E-state index in [1.807, 2.05) is 6.92 Å². The molecule has 6 nitrogen and oxygen atoms in total. The first-order valence-corrected chi connectivity index (χ1v) is 11.7. The third-order valence-electron chi connectivity index (χ3n) is 3.72. The van der Waals surface area contributed by atoms with Gasteiger partial charge in [0.05, 0.1) is 20.8 Å². The molecule has 0 aliphatic heterocycles. The van der Waals surface area contributed by atoms with Gasteiger partial charge in [0.25, 0.3) is 0 Å². The quantitative estimate of drug-likeness (QED) is 0.220. The summed E-state index contributed by atoms with van der Waals surface area (Å²) in [4.78, 5) is 16.5. The van der Waals surface area contributed by atoms with Gasteiger partial charge in [0.1, 0.15) is 14.9 Å². The molecule has 0 saturated heterocycles. The molecular formula is C18H29NO5Si. The van der Waals surface area contributed by atoms with Crippen molar-refractivity contribution in [2.75, 3.05) is 28.1 Å². The minimum Gasteiger partial charge on any atom is -0.481 e. The van der Waals surface area contributed by atoms with Crippen LogP contribution in [0.15, 0.2) is 12.1 Å². The lowest BCUT2D eigenvalue weighted by Crippen LogP contribution is -2.40. The standard InChI is InChI=1S/C18H29NO5Si/c1-8-13(9-17(20)22-3)14-10-16(25(5,6)7)19-18(23-4)15(14)11-24-12-21-2/h9-10H,8,11-12H2,1-7H3. The molecule has 0 amide bonds. The molecule has 0 spiro atoms. The van der Waals surface area contributed by atoms with Gasteiger partial charge in [-0.05, 0) is 23.6 Å². The lowest BCUT2D eigenvalue weighted by atomic mass is 9.99. The predicted molar refractivity (Wildman–Crippen MR) is 101 cm³/mol. The number of carbonyl (C=O) groups excluding carboxylic acids is 1. The number of allylic oxidation sites excluding steroid dienone is 1. The summed E-state index contributed by atoms with van der Waals surface area (Å²) >= 11 is 0. The first-order chi connectivity index (χ1) is 11.8. The van der Waals surface area contributed by atoms with Crippen LogP contribution in [0.3, 0.4) is 0 Å². The van der Waals surface area contributed by atoms with Crippen LogP contribution in [0.1, 0.15) is 24.5 Å². The highest BCUT2D eigenvalue weighted by Crippen LogP contribution is 2.29. The van der Waals surface area contributed by atoms with Crippen LogP contribution in [0.25, 0.3) is 5.57 Å². The zero-order chi connectivity index (χ0) is 19.0. The fraction of sp³-hybridized carbons (Fsp3) is 0.556. The number of hydrogen-bond donors (Lipinski definition) is 0. The number of aromatic nitrogens is 1. The Morgan fingerprint density at radius 1 is 1.24 bits per heavy atom. The summed E-state index contributed by atoms with van der Waals surface area (Å²) < 4.78 is 20.8. The molecule has 25 heavy (non-hydrogen) atoms. The molecule has 0 aromatic carbocycles. The van der Waals surface area contributed by atoms with Crippen LogP contribution in [0.2, 0.25) is 19.6 Å². The summed E-state index contributed by atoms with van der Waals surface area (Å²) in [7, 11) is 2.85. The second-order valence-corrected chi connectivity index (χ2v) is 11.6. The maximum absolute atomic E-state index is 11.8. The van der Waals surface area contributed by atoms with Gasteiger partial charge in [-0.15, -0.1) is 0 Å². The smallest absolute Gasteiger partial charge is 0.330 e. The Hall–Kier alpha value is -1.70. The number of pyridine rings is 1. The van der Waals surface area contributed by atoms with Crippen molar-refractivity contribution in [2.45, 2.75) is 39.6 Å². The van der Waals surface area contributed by atoms with Crippen molar-refractivity contribution in [1.29, 1.82) is 0 Å². The van der Waals surface area contributed by atoms with Crippen LogP contribution >= 0.6 is 0 Å². The number of nitrogens with zero attached hydrogens (tertiary/aromatic N) is 1. The summed E-state index contributed by atoms with van der Waals surface area (Å²) in [6.45, 7) is 9.10. The Bertz CT molecular complexity index is 623. The van der Waals surface area contributed by atoms with Crippen LogP contribution in [0, 0.1) is 0 Å². The highest BCUT2D eigenvalue weighted by molar-refractivity contribution is 6.88. The van der Waals surface area contributed by atoms with E-state index in [2.05, 4.69) is 25.7 Å². The number of esters is 1. The van der Waals surface area contributed by atoms with Gasteiger partial charge in [0.2, 0.25) is 5.88 Å². The molecule has 0 radical (unpaired) electrons. The Kier molecular flexibility index (Phi) is 8.28. The van der Waals surface area contributed by atoms with Crippen molar-refractivity contribution in [3.05, 3.63) is 23.3 Å². The Morgan fingerprint density at radius 2 is 1.92 bits per heavy atom. The van der Waals surface area contributed by atoms with E-state index in [0.717, 1.165) is 22.0 Å². The number of ether oxygens (including phenoxy) is 4. The Morgan fingerprint density at radius 3 is 2.40 bits per heavy atom. The van der Waals surface area contributed by atoms with E-state index >= 15 is 0 Å². The first kappa shape index (κ1) is 21.3. The van der Waals surface area contributed by atoms with Gasteiger partial charge in [-0.2, -0.15) is 0 Å². The molecule has 0 unspecified atom stereocenters. The zero-order valence-electron chi connectivity index (χ0n) is 16.3. The third kappa shape index (κ3) is 5.95. The lowest BCUT2D eigenvalue weighted by Gasteiger charge is -2.22. The summed E-state index contributed by atoms with van der Waals surface area (Å²) in [5.74, 6) is 0.140. The molecule has 0 saturated carbocycles. The minimum absolute atomic E-state index is 0.167. The molecule has 140 valence electrons. The van der Waals surface area contributed by atoms with E-state index in [4.69, 9.17) is 23.9 Å². The van der Waals surface area contributed by atoms with E-state index in [1.165, 1.54) is 13.2 Å². The topological polar surface area (TPSA) is 66.9 Å². The van der Waals surface area contributed by atoms with Crippen LogP contribution in [0.4, 0.5) is 0 Å². The fourth-order valence-corrected chi connectivity index (χ4v) is 3.34. The Balaban J connectivity index is 3.56. The molecule has 1 aromatic heterocycles. The summed E-state index contributed by atoms with van der Waals surface area (Å²) in [6.07, 6.45) is 2.19. The molecule has 0 aliphatic rings. The molecule has 1 rings (SSSR count). The SMILES string of the molecule is CCC(=CC(=O)OC)c1cc([Si](C)(C)C)nc(OC)c1COCOC. The van der Waals surface area contributed by atoms with Gasteiger partial charge in [0, 0.05) is 24.1 Å². The normalized spacial score (nSPS) is 12.2. The average molecular weight is 368 g/mol. The molecule has 0 aliphatic carbocycles. The minimum atomic E-state index is -1.68. The van der Waals surface area contributed by atoms with E-state index < -0.39 is 8.07 Å². The third-order valence-corrected chi connectivity index (χ3v) is 5.51. The largest absolute Gasteiger partial charge is 0.481 e.